The van der Waals surface area contributed by atoms with Gasteiger partial charge in [-0.25, -0.2) is 16.8 Å². The first-order chi connectivity index (χ1) is 7.36. The van der Waals surface area contributed by atoms with Crippen LogP contribution in [0.4, 0.5) is 0 Å². The number of hydrogen-bond donors (Lipinski definition) is 0. The second-order valence-corrected chi connectivity index (χ2v) is 8.43. The van der Waals surface area contributed by atoms with E-state index in [1.54, 1.807) is 6.92 Å². The van der Waals surface area contributed by atoms with Crippen molar-refractivity contribution in [2.75, 3.05) is 30.4 Å². The van der Waals surface area contributed by atoms with E-state index in [0.717, 1.165) is 0 Å². The number of rotatable bonds is 2. The van der Waals surface area contributed by atoms with Gasteiger partial charge in [-0.3, -0.25) is 0 Å². The second kappa shape index (κ2) is 3.94. The smallest absolute Gasteiger partial charge is 0.214 e. The molecule has 0 amide bonds. The van der Waals surface area contributed by atoms with Gasteiger partial charge in [0.05, 0.1) is 36.0 Å². The van der Waals surface area contributed by atoms with Gasteiger partial charge in [0, 0.05) is 6.54 Å². The van der Waals surface area contributed by atoms with E-state index in [-0.39, 0.29) is 30.4 Å². The molecular weight excluding hydrogens is 254 g/mol. The average molecular weight is 269 g/mol. The molecule has 16 heavy (non-hydrogen) atoms. The first-order valence-corrected chi connectivity index (χ1v) is 8.60. The molecule has 94 valence electrons. The first kappa shape index (κ1) is 12.3. The molecule has 0 aromatic rings. The summed E-state index contributed by atoms with van der Waals surface area (Å²) < 4.78 is 53.1. The molecule has 0 saturated carbocycles. The maximum absolute atomic E-state index is 11.8. The van der Waals surface area contributed by atoms with E-state index < -0.39 is 32.0 Å². The van der Waals surface area contributed by atoms with Crippen molar-refractivity contribution in [3.8, 4) is 0 Å². The molecule has 0 aromatic carbocycles. The minimum absolute atomic E-state index is 0.00370. The lowest BCUT2D eigenvalue weighted by atomic mass is 10.2. The molecule has 0 N–H and O–H groups in total. The highest BCUT2D eigenvalue weighted by Gasteiger charge is 2.47. The minimum Gasteiger partial charge on any atom is -0.374 e. The van der Waals surface area contributed by atoms with Crippen LogP contribution in [-0.4, -0.2) is 63.7 Å². The topological polar surface area (TPSA) is 80.8 Å². The van der Waals surface area contributed by atoms with Crippen LogP contribution in [0.15, 0.2) is 0 Å². The Morgan fingerprint density at radius 2 is 2.06 bits per heavy atom. The molecule has 2 atom stereocenters. The van der Waals surface area contributed by atoms with Crippen molar-refractivity contribution < 1.29 is 21.6 Å². The number of fused-ring (bicyclic) bond motifs is 1. The minimum atomic E-state index is -3.34. The van der Waals surface area contributed by atoms with Crippen LogP contribution in [0.1, 0.15) is 6.92 Å². The van der Waals surface area contributed by atoms with Gasteiger partial charge in [-0.2, -0.15) is 4.31 Å². The molecule has 0 spiro atoms. The molecule has 0 aromatic heterocycles. The zero-order valence-electron chi connectivity index (χ0n) is 9.00. The Hall–Kier alpha value is -0.180. The van der Waals surface area contributed by atoms with Gasteiger partial charge in [0.15, 0.2) is 9.84 Å². The van der Waals surface area contributed by atoms with Crippen molar-refractivity contribution in [1.29, 1.82) is 0 Å². The van der Waals surface area contributed by atoms with Crippen molar-refractivity contribution in [1.82, 2.24) is 4.31 Å². The van der Waals surface area contributed by atoms with E-state index in [1.807, 2.05) is 0 Å². The first-order valence-electron chi connectivity index (χ1n) is 5.17. The Bertz CT molecular complexity index is 469. The predicted molar refractivity (Wildman–Crippen MR) is 58.3 cm³/mol. The van der Waals surface area contributed by atoms with E-state index >= 15 is 0 Å². The van der Waals surface area contributed by atoms with Gasteiger partial charge >= 0.3 is 0 Å². The Kier molecular flexibility index (Phi) is 3.02. The summed E-state index contributed by atoms with van der Waals surface area (Å²) in [6.45, 7) is 2.09. The SMILES string of the molecule is CCS(=O)(=O)N1CCOC2CS(=O)(=O)CC21. The summed E-state index contributed by atoms with van der Waals surface area (Å²) in [5.74, 6) is -0.180. The van der Waals surface area contributed by atoms with Crippen LogP contribution in [0.3, 0.4) is 0 Å². The summed E-state index contributed by atoms with van der Waals surface area (Å²) in [5.41, 5.74) is 0. The van der Waals surface area contributed by atoms with Gasteiger partial charge < -0.3 is 4.74 Å². The molecule has 2 aliphatic rings. The van der Waals surface area contributed by atoms with Crippen molar-refractivity contribution in [3.05, 3.63) is 0 Å². The third-order valence-corrected chi connectivity index (χ3v) is 6.59. The summed E-state index contributed by atoms with van der Waals surface area (Å²) in [4.78, 5) is 0. The quantitative estimate of drug-likeness (QED) is 0.631. The normalized spacial score (nSPS) is 34.8. The summed E-state index contributed by atoms with van der Waals surface area (Å²) in [6, 6.07) is -0.524. The fourth-order valence-corrected chi connectivity index (χ4v) is 5.47. The highest BCUT2D eigenvalue weighted by Crippen LogP contribution is 2.26. The molecule has 2 fully saturated rings. The lowest BCUT2D eigenvalue weighted by Gasteiger charge is -2.35. The highest BCUT2D eigenvalue weighted by molar-refractivity contribution is 7.92. The van der Waals surface area contributed by atoms with Gasteiger partial charge in [-0.05, 0) is 6.92 Å². The molecule has 2 rings (SSSR count). The number of nitrogens with zero attached hydrogens (tertiary/aromatic N) is 1. The third kappa shape index (κ3) is 2.11. The Balaban J connectivity index is 2.30. The van der Waals surface area contributed by atoms with E-state index in [0.29, 0.717) is 0 Å². The standard InChI is InChI=1S/C8H15NO5S2/c1-2-16(12,13)9-3-4-14-8-6-15(10,11)5-7(8)9/h7-8H,2-6H2,1H3. The van der Waals surface area contributed by atoms with Crippen molar-refractivity contribution in [2.24, 2.45) is 0 Å². The molecule has 6 nitrogen and oxygen atoms in total. The van der Waals surface area contributed by atoms with Crippen LogP contribution in [0.25, 0.3) is 0 Å². The number of sulfonamides is 1. The summed E-state index contributed by atoms with van der Waals surface area (Å²) >= 11 is 0. The lowest BCUT2D eigenvalue weighted by Crippen LogP contribution is -2.53. The van der Waals surface area contributed by atoms with Crippen LogP contribution >= 0.6 is 0 Å². The number of sulfone groups is 1. The average Bonchev–Trinajstić information content (AvgIpc) is 2.50. The molecule has 2 heterocycles. The largest absolute Gasteiger partial charge is 0.374 e. The maximum Gasteiger partial charge on any atom is 0.214 e. The van der Waals surface area contributed by atoms with E-state index in [4.69, 9.17) is 4.74 Å². The van der Waals surface area contributed by atoms with Gasteiger partial charge in [0.25, 0.3) is 0 Å². The van der Waals surface area contributed by atoms with E-state index in [9.17, 15) is 16.8 Å². The predicted octanol–water partition coefficient (Wildman–Crippen LogP) is -1.17. The molecule has 2 unspecified atom stereocenters. The Labute approximate surface area is 95.5 Å². The molecule has 2 aliphatic heterocycles. The monoisotopic (exact) mass is 269 g/mol. The van der Waals surface area contributed by atoms with Crippen LogP contribution in [0, 0.1) is 0 Å². The van der Waals surface area contributed by atoms with E-state index in [2.05, 4.69) is 0 Å². The lowest BCUT2D eigenvalue weighted by molar-refractivity contribution is -0.0141. The fourth-order valence-electron chi connectivity index (χ4n) is 2.20. The summed E-state index contributed by atoms with van der Waals surface area (Å²) in [6.07, 6.45) is -0.486. The molecule has 2 saturated heterocycles. The zero-order valence-corrected chi connectivity index (χ0v) is 10.6. The fraction of sp³-hybridized carbons (Fsp3) is 1.00. The Morgan fingerprint density at radius 3 is 2.69 bits per heavy atom. The molecule has 0 aliphatic carbocycles. The number of morpholine rings is 1. The maximum atomic E-state index is 11.8. The van der Waals surface area contributed by atoms with Crippen molar-refractivity contribution in [2.45, 2.75) is 19.1 Å². The van der Waals surface area contributed by atoms with Crippen molar-refractivity contribution in [3.63, 3.8) is 0 Å². The van der Waals surface area contributed by atoms with Crippen molar-refractivity contribution >= 4 is 19.9 Å². The van der Waals surface area contributed by atoms with E-state index in [1.165, 1.54) is 4.31 Å². The van der Waals surface area contributed by atoms with Gasteiger partial charge in [-0.1, -0.05) is 0 Å². The third-order valence-electron chi connectivity index (χ3n) is 3.01. The van der Waals surface area contributed by atoms with Gasteiger partial charge in [0.2, 0.25) is 10.0 Å². The van der Waals surface area contributed by atoms with Crippen LogP contribution < -0.4 is 0 Å². The van der Waals surface area contributed by atoms with Gasteiger partial charge in [0.1, 0.15) is 0 Å². The molecular formula is C8H15NO5S2. The molecule has 0 bridgehead atoms. The zero-order chi connectivity index (χ0) is 12.0. The molecule has 8 heteroatoms. The number of hydrogen-bond acceptors (Lipinski definition) is 5. The molecule has 0 radical (unpaired) electrons. The summed E-state index contributed by atoms with van der Waals surface area (Å²) in [5, 5.41) is 0. The van der Waals surface area contributed by atoms with Gasteiger partial charge in [-0.15, -0.1) is 0 Å². The summed E-state index contributed by atoms with van der Waals surface area (Å²) in [7, 11) is -6.50. The Morgan fingerprint density at radius 1 is 1.38 bits per heavy atom. The second-order valence-electron chi connectivity index (χ2n) is 4.06. The van der Waals surface area contributed by atoms with Crippen LogP contribution in [-0.2, 0) is 24.6 Å². The highest BCUT2D eigenvalue weighted by atomic mass is 32.2. The van der Waals surface area contributed by atoms with Crippen LogP contribution in [0.5, 0.6) is 0 Å². The van der Waals surface area contributed by atoms with Crippen LogP contribution in [0.2, 0.25) is 0 Å². The number of ether oxygens (including phenoxy) is 1.